The Kier molecular flexibility index (Phi) is 6.97. The van der Waals surface area contributed by atoms with Gasteiger partial charge in [0.25, 0.3) is 0 Å². The number of hydrogen-bond donors (Lipinski definition) is 2. The number of rotatable bonds is 8. The number of carbonyl (C=O) groups is 3. The van der Waals surface area contributed by atoms with Crippen molar-refractivity contribution in [2.24, 2.45) is 11.7 Å². The highest BCUT2D eigenvalue weighted by Crippen LogP contribution is 2.37. The SMILES string of the molecule is COCCN1C(=O)CC[C@@H](C(=O)NCC(N)=O)[C@@H]1c1cccc(OC)c1. The first kappa shape index (κ1) is 19.7. The highest BCUT2D eigenvalue weighted by Gasteiger charge is 2.40. The molecule has 0 radical (unpaired) electrons. The minimum atomic E-state index is -0.612. The van der Waals surface area contributed by atoms with E-state index < -0.39 is 17.9 Å². The van der Waals surface area contributed by atoms with E-state index in [0.717, 1.165) is 5.56 Å². The molecule has 1 fully saturated rings. The number of nitrogens with one attached hydrogen (secondary N) is 1. The van der Waals surface area contributed by atoms with Gasteiger partial charge in [-0.25, -0.2) is 0 Å². The van der Waals surface area contributed by atoms with Crippen LogP contribution in [0.1, 0.15) is 24.4 Å². The number of amides is 3. The molecule has 2 atom stereocenters. The highest BCUT2D eigenvalue weighted by atomic mass is 16.5. The lowest BCUT2D eigenvalue weighted by atomic mass is 9.83. The molecular formula is C18H25N3O5. The van der Waals surface area contributed by atoms with E-state index in [1.165, 1.54) is 0 Å². The minimum Gasteiger partial charge on any atom is -0.497 e. The first-order chi connectivity index (χ1) is 12.5. The van der Waals surface area contributed by atoms with Crippen molar-refractivity contribution in [3.8, 4) is 5.75 Å². The number of hydrogen-bond acceptors (Lipinski definition) is 5. The van der Waals surface area contributed by atoms with Crippen molar-refractivity contribution >= 4 is 17.7 Å². The van der Waals surface area contributed by atoms with Crippen molar-refractivity contribution in [2.45, 2.75) is 18.9 Å². The van der Waals surface area contributed by atoms with E-state index in [2.05, 4.69) is 5.32 Å². The van der Waals surface area contributed by atoms with E-state index in [9.17, 15) is 14.4 Å². The molecule has 2 rings (SSSR count). The molecule has 1 aromatic carbocycles. The van der Waals surface area contributed by atoms with Gasteiger partial charge >= 0.3 is 0 Å². The van der Waals surface area contributed by atoms with Crippen LogP contribution in [0.4, 0.5) is 0 Å². The number of methoxy groups -OCH3 is 2. The second-order valence-corrected chi connectivity index (χ2v) is 6.13. The Hall–Kier alpha value is -2.61. The predicted octanol–water partition coefficient (Wildman–Crippen LogP) is 0.223. The molecular weight excluding hydrogens is 338 g/mol. The summed E-state index contributed by atoms with van der Waals surface area (Å²) in [6, 6.07) is 6.84. The Morgan fingerprint density at radius 3 is 2.77 bits per heavy atom. The van der Waals surface area contributed by atoms with Crippen molar-refractivity contribution in [1.82, 2.24) is 10.2 Å². The average Bonchev–Trinajstić information content (AvgIpc) is 2.64. The van der Waals surface area contributed by atoms with Gasteiger partial charge < -0.3 is 25.4 Å². The van der Waals surface area contributed by atoms with E-state index in [4.69, 9.17) is 15.2 Å². The maximum atomic E-state index is 12.6. The first-order valence-electron chi connectivity index (χ1n) is 8.46. The van der Waals surface area contributed by atoms with Crippen LogP contribution in [-0.4, -0.2) is 56.5 Å². The Morgan fingerprint density at radius 2 is 2.12 bits per heavy atom. The maximum Gasteiger partial charge on any atom is 0.236 e. The van der Waals surface area contributed by atoms with E-state index in [1.54, 1.807) is 25.2 Å². The summed E-state index contributed by atoms with van der Waals surface area (Å²) in [4.78, 5) is 37.8. The van der Waals surface area contributed by atoms with Gasteiger partial charge in [-0.3, -0.25) is 14.4 Å². The number of piperidine rings is 1. The molecule has 1 aliphatic heterocycles. The molecule has 0 aromatic heterocycles. The molecule has 8 heteroatoms. The highest BCUT2D eigenvalue weighted by molar-refractivity contribution is 5.88. The number of benzene rings is 1. The molecule has 26 heavy (non-hydrogen) atoms. The average molecular weight is 363 g/mol. The van der Waals surface area contributed by atoms with Gasteiger partial charge in [-0.1, -0.05) is 12.1 Å². The van der Waals surface area contributed by atoms with Gasteiger partial charge in [0, 0.05) is 20.1 Å². The number of carbonyl (C=O) groups excluding carboxylic acids is 3. The van der Waals surface area contributed by atoms with Crippen molar-refractivity contribution in [2.75, 3.05) is 33.9 Å². The molecule has 1 heterocycles. The molecule has 0 aliphatic carbocycles. The summed E-state index contributed by atoms with van der Waals surface area (Å²) < 4.78 is 10.4. The fourth-order valence-electron chi connectivity index (χ4n) is 3.22. The van der Waals surface area contributed by atoms with Crippen molar-refractivity contribution in [1.29, 1.82) is 0 Å². The molecule has 1 saturated heterocycles. The fourth-order valence-corrected chi connectivity index (χ4v) is 3.22. The zero-order chi connectivity index (χ0) is 19.1. The van der Waals surface area contributed by atoms with Crippen molar-refractivity contribution in [3.05, 3.63) is 29.8 Å². The van der Waals surface area contributed by atoms with Crippen LogP contribution in [0.5, 0.6) is 5.75 Å². The summed E-state index contributed by atoms with van der Waals surface area (Å²) in [6.45, 7) is 0.505. The Morgan fingerprint density at radius 1 is 1.35 bits per heavy atom. The molecule has 1 aliphatic rings. The summed E-state index contributed by atoms with van der Waals surface area (Å²) >= 11 is 0. The topological polar surface area (TPSA) is 111 Å². The van der Waals surface area contributed by atoms with Crippen LogP contribution in [0.15, 0.2) is 24.3 Å². The number of ether oxygens (including phenoxy) is 2. The van der Waals surface area contributed by atoms with E-state index in [-0.39, 0.29) is 24.8 Å². The number of nitrogens with two attached hydrogens (primary N) is 1. The predicted molar refractivity (Wildman–Crippen MR) is 94.3 cm³/mol. The quantitative estimate of drug-likeness (QED) is 0.686. The lowest BCUT2D eigenvalue weighted by Gasteiger charge is -2.40. The molecule has 8 nitrogen and oxygen atoms in total. The molecule has 3 N–H and O–H groups in total. The van der Waals surface area contributed by atoms with E-state index >= 15 is 0 Å². The van der Waals surface area contributed by atoms with E-state index in [0.29, 0.717) is 25.3 Å². The van der Waals surface area contributed by atoms with Gasteiger partial charge in [0.2, 0.25) is 17.7 Å². The van der Waals surface area contributed by atoms with Gasteiger partial charge in [-0.05, 0) is 24.1 Å². The van der Waals surface area contributed by atoms with Crippen LogP contribution >= 0.6 is 0 Å². The van der Waals surface area contributed by atoms with Gasteiger partial charge in [0.1, 0.15) is 5.75 Å². The fraction of sp³-hybridized carbons (Fsp3) is 0.500. The Balaban J connectivity index is 2.35. The van der Waals surface area contributed by atoms with Crippen LogP contribution in [0.25, 0.3) is 0 Å². The van der Waals surface area contributed by atoms with Crippen LogP contribution in [0.2, 0.25) is 0 Å². The summed E-state index contributed by atoms with van der Waals surface area (Å²) in [6.07, 6.45) is 0.660. The van der Waals surface area contributed by atoms with E-state index in [1.807, 2.05) is 18.2 Å². The third kappa shape index (κ3) is 4.72. The second-order valence-electron chi connectivity index (χ2n) is 6.13. The Bertz CT molecular complexity index is 664. The van der Waals surface area contributed by atoms with Crippen LogP contribution in [0, 0.1) is 5.92 Å². The molecule has 3 amide bonds. The molecule has 0 unspecified atom stereocenters. The van der Waals surface area contributed by atoms with Gasteiger partial charge in [0.15, 0.2) is 0 Å². The molecule has 142 valence electrons. The molecule has 0 spiro atoms. The lowest BCUT2D eigenvalue weighted by molar-refractivity contribution is -0.144. The lowest BCUT2D eigenvalue weighted by Crippen LogP contribution is -2.49. The Labute approximate surface area is 152 Å². The van der Waals surface area contributed by atoms with Crippen LogP contribution in [-0.2, 0) is 19.1 Å². The largest absolute Gasteiger partial charge is 0.497 e. The van der Waals surface area contributed by atoms with Crippen LogP contribution < -0.4 is 15.8 Å². The van der Waals surface area contributed by atoms with Crippen molar-refractivity contribution in [3.63, 3.8) is 0 Å². The normalized spacial score (nSPS) is 19.9. The maximum absolute atomic E-state index is 12.6. The van der Waals surface area contributed by atoms with Gasteiger partial charge in [-0.15, -0.1) is 0 Å². The van der Waals surface area contributed by atoms with Crippen LogP contribution in [0.3, 0.4) is 0 Å². The second kappa shape index (κ2) is 9.19. The molecule has 0 saturated carbocycles. The van der Waals surface area contributed by atoms with Gasteiger partial charge in [-0.2, -0.15) is 0 Å². The number of nitrogens with zero attached hydrogens (tertiary/aromatic N) is 1. The van der Waals surface area contributed by atoms with Crippen molar-refractivity contribution < 1.29 is 23.9 Å². The monoisotopic (exact) mass is 363 g/mol. The number of primary amides is 1. The summed E-state index contributed by atoms with van der Waals surface area (Å²) in [5.41, 5.74) is 5.92. The standard InChI is InChI=1S/C18H25N3O5/c1-25-9-8-21-16(23)7-6-14(18(24)20-11-15(19)22)17(21)12-4-3-5-13(10-12)26-2/h3-5,10,14,17H,6-9,11H2,1-2H3,(H2,19,22)(H,20,24)/t14-,17+/m1/s1. The third-order valence-electron chi connectivity index (χ3n) is 4.45. The summed E-state index contributed by atoms with van der Waals surface area (Å²) in [7, 11) is 3.12. The van der Waals surface area contributed by atoms with Gasteiger partial charge in [0.05, 0.1) is 32.2 Å². The molecule has 1 aromatic rings. The third-order valence-corrected chi connectivity index (χ3v) is 4.45. The zero-order valence-electron chi connectivity index (χ0n) is 15.1. The summed E-state index contributed by atoms with van der Waals surface area (Å²) in [5.74, 6) is -0.792. The summed E-state index contributed by atoms with van der Waals surface area (Å²) in [5, 5.41) is 2.56. The first-order valence-corrected chi connectivity index (χ1v) is 8.46. The smallest absolute Gasteiger partial charge is 0.236 e. The number of likely N-dealkylation sites (tertiary alicyclic amines) is 1. The molecule has 0 bridgehead atoms. The zero-order valence-corrected chi connectivity index (χ0v) is 15.1. The minimum absolute atomic E-state index is 0.0335.